The van der Waals surface area contributed by atoms with Gasteiger partial charge in [0.1, 0.15) is 5.75 Å². The Morgan fingerprint density at radius 1 is 1.19 bits per heavy atom. The molecule has 1 amide bonds. The maximum Gasteiger partial charge on any atom is 0.255 e. The highest BCUT2D eigenvalue weighted by Crippen LogP contribution is 2.28. The fraction of sp³-hybridized carbons (Fsp3) is 0.682. The van der Waals surface area contributed by atoms with E-state index in [1.807, 2.05) is 29.2 Å². The summed E-state index contributed by atoms with van der Waals surface area (Å²) < 4.78 is 5.17. The molecule has 0 unspecified atom stereocenters. The minimum atomic E-state index is -1.27. The molecule has 27 heavy (non-hydrogen) atoms. The summed E-state index contributed by atoms with van der Waals surface area (Å²) in [5.74, 6) is 1.50. The van der Waals surface area contributed by atoms with Crippen LogP contribution in [0.3, 0.4) is 0 Å². The summed E-state index contributed by atoms with van der Waals surface area (Å²) in [5.41, 5.74) is -0.158. The third kappa shape index (κ3) is 5.45. The van der Waals surface area contributed by atoms with Crippen molar-refractivity contribution in [3.8, 4) is 5.75 Å². The van der Waals surface area contributed by atoms with Crippen molar-refractivity contribution in [2.45, 2.75) is 63.5 Å². The van der Waals surface area contributed by atoms with Crippen molar-refractivity contribution in [2.75, 3.05) is 26.7 Å². The van der Waals surface area contributed by atoms with Crippen LogP contribution in [0.4, 0.5) is 0 Å². The van der Waals surface area contributed by atoms with Crippen molar-refractivity contribution in [3.05, 3.63) is 29.8 Å². The smallest absolute Gasteiger partial charge is 0.255 e. The van der Waals surface area contributed by atoms with Crippen LogP contribution in [0.15, 0.2) is 24.3 Å². The second-order valence-corrected chi connectivity index (χ2v) is 8.17. The first-order chi connectivity index (χ1) is 13.1. The molecule has 1 saturated heterocycles. The van der Waals surface area contributed by atoms with Gasteiger partial charge >= 0.3 is 0 Å². The minimum Gasteiger partial charge on any atom is -0.497 e. The van der Waals surface area contributed by atoms with Crippen LogP contribution in [0.2, 0.25) is 0 Å². The van der Waals surface area contributed by atoms with E-state index in [2.05, 4.69) is 5.32 Å². The number of hydrogen-bond acceptors (Lipinski definition) is 4. The zero-order valence-electron chi connectivity index (χ0n) is 16.6. The van der Waals surface area contributed by atoms with Crippen molar-refractivity contribution in [1.29, 1.82) is 0 Å². The van der Waals surface area contributed by atoms with Crippen molar-refractivity contribution >= 4 is 5.91 Å². The van der Waals surface area contributed by atoms with Gasteiger partial charge in [-0.15, -0.1) is 0 Å². The summed E-state index contributed by atoms with van der Waals surface area (Å²) in [6.45, 7) is 2.51. The van der Waals surface area contributed by atoms with E-state index in [0.29, 0.717) is 19.5 Å². The van der Waals surface area contributed by atoms with Crippen LogP contribution in [0.25, 0.3) is 0 Å². The highest BCUT2D eigenvalue weighted by Gasteiger charge is 2.41. The number of hydrogen-bond donors (Lipinski definition) is 2. The van der Waals surface area contributed by atoms with Gasteiger partial charge < -0.3 is 20.1 Å². The number of nitrogens with one attached hydrogen (secondary N) is 1. The lowest BCUT2D eigenvalue weighted by Gasteiger charge is -2.39. The van der Waals surface area contributed by atoms with Gasteiger partial charge in [0.2, 0.25) is 0 Å². The SMILES string of the molecule is COc1ccc(CNC[C@]2(O)CCCN(CCC3CCCCC3)C2=O)cc1. The fourth-order valence-electron chi connectivity index (χ4n) is 4.41. The second-order valence-electron chi connectivity index (χ2n) is 8.17. The third-order valence-electron chi connectivity index (χ3n) is 6.14. The molecule has 1 saturated carbocycles. The van der Waals surface area contributed by atoms with Crippen LogP contribution in [-0.4, -0.2) is 48.3 Å². The number of nitrogens with zero attached hydrogens (tertiary/aromatic N) is 1. The largest absolute Gasteiger partial charge is 0.497 e. The number of ether oxygens (including phenoxy) is 1. The molecule has 5 heteroatoms. The first-order valence-electron chi connectivity index (χ1n) is 10.5. The van der Waals surface area contributed by atoms with Crippen molar-refractivity contribution in [1.82, 2.24) is 10.2 Å². The highest BCUT2D eigenvalue weighted by atomic mass is 16.5. The first kappa shape index (κ1) is 20.2. The number of amides is 1. The Bertz CT molecular complexity index is 598. The Hall–Kier alpha value is -1.59. The number of rotatable bonds is 8. The van der Waals surface area contributed by atoms with E-state index in [1.165, 1.54) is 32.1 Å². The molecule has 1 heterocycles. The zero-order valence-corrected chi connectivity index (χ0v) is 16.6. The predicted octanol–water partition coefficient (Wildman–Crippen LogP) is 3.11. The Labute approximate surface area is 163 Å². The molecule has 0 spiro atoms. The van der Waals surface area contributed by atoms with E-state index >= 15 is 0 Å². The number of likely N-dealkylation sites (tertiary alicyclic amines) is 1. The molecule has 0 radical (unpaired) electrons. The molecule has 2 aliphatic rings. The maximum absolute atomic E-state index is 12.9. The number of methoxy groups -OCH3 is 1. The Kier molecular flexibility index (Phi) is 7.13. The molecule has 2 fully saturated rings. The molecular formula is C22H34N2O3. The van der Waals surface area contributed by atoms with Gasteiger partial charge in [0, 0.05) is 26.2 Å². The van der Waals surface area contributed by atoms with Crippen LogP contribution in [0.1, 0.15) is 56.9 Å². The lowest BCUT2D eigenvalue weighted by Crippen LogP contribution is -2.58. The number of benzene rings is 1. The van der Waals surface area contributed by atoms with Gasteiger partial charge in [0.25, 0.3) is 5.91 Å². The summed E-state index contributed by atoms with van der Waals surface area (Å²) >= 11 is 0. The number of piperidine rings is 1. The molecule has 1 aromatic rings. The zero-order chi connectivity index (χ0) is 19.1. The van der Waals surface area contributed by atoms with Crippen LogP contribution in [0.5, 0.6) is 5.75 Å². The summed E-state index contributed by atoms with van der Waals surface area (Å²) in [6, 6.07) is 7.83. The molecule has 1 aliphatic carbocycles. The lowest BCUT2D eigenvalue weighted by molar-refractivity contribution is -0.156. The summed E-state index contributed by atoms with van der Waals surface area (Å²) in [6.07, 6.45) is 9.12. The lowest BCUT2D eigenvalue weighted by atomic mass is 9.86. The Morgan fingerprint density at radius 2 is 1.93 bits per heavy atom. The van der Waals surface area contributed by atoms with Gasteiger partial charge in [0.05, 0.1) is 7.11 Å². The summed E-state index contributed by atoms with van der Waals surface area (Å²) in [5, 5.41) is 14.2. The molecule has 0 bridgehead atoms. The Morgan fingerprint density at radius 3 is 2.63 bits per heavy atom. The molecule has 5 nitrogen and oxygen atoms in total. The van der Waals surface area contributed by atoms with Crippen LogP contribution < -0.4 is 10.1 Å². The number of aliphatic hydroxyl groups is 1. The molecule has 1 aliphatic heterocycles. The van der Waals surface area contributed by atoms with E-state index in [0.717, 1.165) is 43.2 Å². The van der Waals surface area contributed by atoms with Crippen LogP contribution in [-0.2, 0) is 11.3 Å². The normalized spacial score (nSPS) is 24.2. The Balaban J connectivity index is 1.47. The molecule has 3 rings (SSSR count). The van der Waals surface area contributed by atoms with E-state index in [4.69, 9.17) is 4.74 Å². The van der Waals surface area contributed by atoms with E-state index in [-0.39, 0.29) is 5.91 Å². The molecule has 1 atom stereocenters. The molecule has 2 N–H and O–H groups in total. The van der Waals surface area contributed by atoms with E-state index < -0.39 is 5.60 Å². The van der Waals surface area contributed by atoms with Gasteiger partial charge in [-0.05, 0) is 42.9 Å². The highest BCUT2D eigenvalue weighted by molar-refractivity contribution is 5.86. The monoisotopic (exact) mass is 374 g/mol. The first-order valence-corrected chi connectivity index (χ1v) is 10.5. The third-order valence-corrected chi connectivity index (χ3v) is 6.14. The van der Waals surface area contributed by atoms with Gasteiger partial charge in [-0.1, -0.05) is 44.2 Å². The van der Waals surface area contributed by atoms with Crippen molar-refractivity contribution < 1.29 is 14.6 Å². The average Bonchev–Trinajstić information content (AvgIpc) is 2.70. The topological polar surface area (TPSA) is 61.8 Å². The second kappa shape index (κ2) is 9.56. The number of carbonyl (C=O) groups excluding carboxylic acids is 1. The van der Waals surface area contributed by atoms with Crippen LogP contribution in [0, 0.1) is 5.92 Å². The average molecular weight is 375 g/mol. The maximum atomic E-state index is 12.9. The summed E-state index contributed by atoms with van der Waals surface area (Å²) in [4.78, 5) is 14.8. The standard InChI is InChI=1S/C22H34N2O3/c1-27-20-10-8-19(9-11-20)16-23-17-22(26)13-5-14-24(21(22)25)15-12-18-6-3-2-4-7-18/h8-11,18,23,26H,2-7,12-17H2,1H3/t22-/m1/s1. The minimum absolute atomic E-state index is 0.0909. The van der Waals surface area contributed by atoms with Gasteiger partial charge in [-0.2, -0.15) is 0 Å². The summed E-state index contributed by atoms with van der Waals surface area (Å²) in [7, 11) is 1.65. The molecule has 1 aromatic carbocycles. The predicted molar refractivity (Wildman–Crippen MR) is 107 cm³/mol. The van der Waals surface area contributed by atoms with E-state index in [9.17, 15) is 9.90 Å². The van der Waals surface area contributed by atoms with Gasteiger partial charge in [-0.25, -0.2) is 0 Å². The van der Waals surface area contributed by atoms with Crippen molar-refractivity contribution in [2.24, 2.45) is 5.92 Å². The number of carbonyl (C=O) groups is 1. The fourth-order valence-corrected chi connectivity index (χ4v) is 4.41. The molecule has 150 valence electrons. The molecular weight excluding hydrogens is 340 g/mol. The van der Waals surface area contributed by atoms with Gasteiger partial charge in [0.15, 0.2) is 5.60 Å². The van der Waals surface area contributed by atoms with Crippen molar-refractivity contribution in [3.63, 3.8) is 0 Å². The van der Waals surface area contributed by atoms with E-state index in [1.54, 1.807) is 7.11 Å². The quantitative estimate of drug-likeness (QED) is 0.734. The van der Waals surface area contributed by atoms with Crippen LogP contribution >= 0.6 is 0 Å². The van der Waals surface area contributed by atoms with Gasteiger partial charge in [-0.3, -0.25) is 4.79 Å². The molecule has 0 aromatic heterocycles.